The summed E-state index contributed by atoms with van der Waals surface area (Å²) in [6.45, 7) is 1.68. The molecular formula is C13H16ClF4N3O. The Balaban J connectivity index is 0.00000441. The smallest absolute Gasteiger partial charge is 0.425 e. The lowest BCUT2D eigenvalue weighted by Crippen LogP contribution is -2.37. The van der Waals surface area contributed by atoms with Crippen LogP contribution < -0.4 is 10.1 Å². The lowest BCUT2D eigenvalue weighted by Gasteiger charge is -2.21. The van der Waals surface area contributed by atoms with Crippen molar-refractivity contribution in [2.75, 3.05) is 13.6 Å². The molecule has 4 nitrogen and oxygen atoms in total. The van der Waals surface area contributed by atoms with Gasteiger partial charge in [-0.2, -0.15) is 18.4 Å². The summed E-state index contributed by atoms with van der Waals surface area (Å²) in [6, 6.07) is 2.43. The van der Waals surface area contributed by atoms with Crippen LogP contribution in [0, 0.1) is 17.1 Å². The Labute approximate surface area is 131 Å². The van der Waals surface area contributed by atoms with Crippen molar-refractivity contribution < 1.29 is 22.3 Å². The van der Waals surface area contributed by atoms with Crippen molar-refractivity contribution in [2.24, 2.45) is 0 Å². The summed E-state index contributed by atoms with van der Waals surface area (Å²) in [4.78, 5) is 3.68. The number of ether oxygens (including phenoxy) is 1. The minimum Gasteiger partial charge on any atom is -0.464 e. The van der Waals surface area contributed by atoms with Gasteiger partial charge in [0, 0.05) is 6.42 Å². The third-order valence-corrected chi connectivity index (χ3v) is 2.74. The van der Waals surface area contributed by atoms with Crippen LogP contribution in [-0.2, 0) is 6.42 Å². The highest BCUT2D eigenvalue weighted by Gasteiger charge is 2.42. The van der Waals surface area contributed by atoms with E-state index in [0.717, 1.165) is 6.07 Å². The number of aromatic nitrogens is 1. The number of rotatable bonds is 6. The largest absolute Gasteiger partial charge is 0.464 e. The highest BCUT2D eigenvalue weighted by Crippen LogP contribution is 2.28. The molecule has 0 bridgehead atoms. The van der Waals surface area contributed by atoms with Gasteiger partial charge >= 0.3 is 6.18 Å². The van der Waals surface area contributed by atoms with E-state index < -0.39 is 24.0 Å². The number of nitrogens with one attached hydrogen (secondary N) is 1. The number of pyridine rings is 1. The molecule has 0 fully saturated rings. The Kier molecular flexibility index (Phi) is 8.12. The Morgan fingerprint density at radius 1 is 1.45 bits per heavy atom. The molecule has 1 rings (SSSR count). The molecule has 1 heterocycles. The van der Waals surface area contributed by atoms with E-state index in [1.54, 1.807) is 13.0 Å². The number of nitriles is 1. The van der Waals surface area contributed by atoms with Gasteiger partial charge in [0.2, 0.25) is 5.88 Å². The summed E-state index contributed by atoms with van der Waals surface area (Å²) in [6.07, 6.45) is -6.88. The van der Waals surface area contributed by atoms with Crippen molar-refractivity contribution in [1.29, 1.82) is 5.26 Å². The van der Waals surface area contributed by atoms with Crippen LogP contribution in [0.3, 0.4) is 0 Å². The molecule has 1 atom stereocenters. The number of nitrogens with zero attached hydrogens (tertiary/aromatic N) is 2. The first-order valence-corrected chi connectivity index (χ1v) is 6.31. The summed E-state index contributed by atoms with van der Waals surface area (Å²) in [5.41, 5.74) is -0.401. The van der Waals surface area contributed by atoms with Gasteiger partial charge in [-0.25, -0.2) is 9.37 Å². The van der Waals surface area contributed by atoms with E-state index in [0.29, 0.717) is 0 Å². The summed E-state index contributed by atoms with van der Waals surface area (Å²) >= 11 is 0. The molecule has 0 saturated carbocycles. The van der Waals surface area contributed by atoms with Crippen molar-refractivity contribution in [3.8, 4) is 11.9 Å². The molecule has 0 radical (unpaired) electrons. The van der Waals surface area contributed by atoms with Crippen LogP contribution in [0.4, 0.5) is 17.6 Å². The molecule has 0 aromatic carbocycles. The second-order valence-corrected chi connectivity index (χ2v) is 4.28. The SMILES string of the molecule is CCc1nc(O[C@H](CCNC)C(F)(F)F)c(C#N)cc1F.Cl. The second-order valence-electron chi connectivity index (χ2n) is 4.28. The highest BCUT2D eigenvalue weighted by molar-refractivity contribution is 5.85. The van der Waals surface area contributed by atoms with Crippen molar-refractivity contribution >= 4 is 12.4 Å². The summed E-state index contributed by atoms with van der Waals surface area (Å²) in [5.74, 6) is -1.23. The van der Waals surface area contributed by atoms with Crippen LogP contribution in [0.2, 0.25) is 0 Å². The maximum Gasteiger partial charge on any atom is 0.425 e. The molecule has 0 aliphatic rings. The Hall–Kier alpha value is -1.59. The number of hydrogen-bond donors (Lipinski definition) is 1. The summed E-state index contributed by atoms with van der Waals surface area (Å²) in [7, 11) is 1.51. The van der Waals surface area contributed by atoms with E-state index in [4.69, 9.17) is 10.00 Å². The van der Waals surface area contributed by atoms with Crippen LogP contribution in [0.5, 0.6) is 5.88 Å². The van der Waals surface area contributed by atoms with Crippen LogP contribution >= 0.6 is 12.4 Å². The first kappa shape index (κ1) is 20.4. The predicted octanol–water partition coefficient (Wildman–Crippen LogP) is 3.00. The maximum absolute atomic E-state index is 13.5. The van der Waals surface area contributed by atoms with Gasteiger partial charge in [0.25, 0.3) is 0 Å². The van der Waals surface area contributed by atoms with Crippen LogP contribution in [0.15, 0.2) is 6.07 Å². The van der Waals surface area contributed by atoms with Gasteiger partial charge in [-0.05, 0) is 26.1 Å². The normalized spacial score (nSPS) is 12.2. The number of alkyl halides is 3. The molecule has 9 heteroatoms. The average molecular weight is 342 g/mol. The molecule has 1 aromatic rings. The van der Waals surface area contributed by atoms with Gasteiger partial charge in [-0.3, -0.25) is 0 Å². The fourth-order valence-corrected chi connectivity index (χ4v) is 1.63. The summed E-state index contributed by atoms with van der Waals surface area (Å²) in [5, 5.41) is 11.5. The van der Waals surface area contributed by atoms with E-state index in [9.17, 15) is 17.6 Å². The fraction of sp³-hybridized carbons (Fsp3) is 0.538. The van der Waals surface area contributed by atoms with Crippen LogP contribution in [0.25, 0.3) is 0 Å². The molecule has 0 amide bonds. The molecular weight excluding hydrogens is 326 g/mol. The van der Waals surface area contributed by atoms with Gasteiger partial charge in [0.1, 0.15) is 17.4 Å². The Morgan fingerprint density at radius 3 is 2.55 bits per heavy atom. The third kappa shape index (κ3) is 5.31. The van der Waals surface area contributed by atoms with E-state index in [-0.39, 0.29) is 43.1 Å². The maximum atomic E-state index is 13.5. The molecule has 22 heavy (non-hydrogen) atoms. The van der Waals surface area contributed by atoms with E-state index in [2.05, 4.69) is 10.3 Å². The monoisotopic (exact) mass is 341 g/mol. The third-order valence-electron chi connectivity index (χ3n) is 2.74. The standard InChI is InChI=1S/C13H15F4N3O.ClH/c1-3-10-9(14)6-8(7-18)12(20-10)21-11(4-5-19-2)13(15,16)17;/h6,11,19H,3-5H2,1-2H3;1H/t11-;/m1./s1. The zero-order valence-corrected chi connectivity index (χ0v) is 12.8. The topological polar surface area (TPSA) is 57.9 Å². The summed E-state index contributed by atoms with van der Waals surface area (Å²) < 4.78 is 57.0. The van der Waals surface area contributed by atoms with Crippen molar-refractivity contribution in [3.05, 3.63) is 23.1 Å². The molecule has 0 saturated heterocycles. The quantitative estimate of drug-likeness (QED) is 0.808. The van der Waals surface area contributed by atoms with Crippen molar-refractivity contribution in [1.82, 2.24) is 10.3 Å². The fourth-order valence-electron chi connectivity index (χ4n) is 1.63. The van der Waals surface area contributed by atoms with E-state index in [1.165, 1.54) is 7.05 Å². The van der Waals surface area contributed by atoms with Gasteiger partial charge in [-0.15, -0.1) is 12.4 Å². The minimum absolute atomic E-state index is 0. The zero-order valence-electron chi connectivity index (χ0n) is 12.0. The van der Waals surface area contributed by atoms with Gasteiger partial charge in [0.15, 0.2) is 6.10 Å². The molecule has 0 aliphatic carbocycles. The van der Waals surface area contributed by atoms with E-state index >= 15 is 0 Å². The Bertz CT molecular complexity index is 531. The lowest BCUT2D eigenvalue weighted by atomic mass is 10.2. The van der Waals surface area contributed by atoms with Crippen LogP contribution in [0.1, 0.15) is 24.6 Å². The number of aryl methyl sites for hydroxylation is 1. The first-order valence-electron chi connectivity index (χ1n) is 6.31. The molecule has 0 unspecified atom stereocenters. The molecule has 0 aliphatic heterocycles. The molecule has 1 N–H and O–H groups in total. The highest BCUT2D eigenvalue weighted by atomic mass is 35.5. The predicted molar refractivity (Wildman–Crippen MR) is 74.6 cm³/mol. The number of hydrogen-bond acceptors (Lipinski definition) is 4. The molecule has 0 spiro atoms. The average Bonchev–Trinajstić information content (AvgIpc) is 2.42. The molecule has 124 valence electrons. The van der Waals surface area contributed by atoms with Gasteiger partial charge in [-0.1, -0.05) is 6.92 Å². The van der Waals surface area contributed by atoms with Gasteiger partial charge in [0.05, 0.1) is 5.69 Å². The van der Waals surface area contributed by atoms with E-state index in [1.807, 2.05) is 0 Å². The lowest BCUT2D eigenvalue weighted by molar-refractivity contribution is -0.197. The van der Waals surface area contributed by atoms with Crippen molar-refractivity contribution in [2.45, 2.75) is 32.0 Å². The number of halogens is 5. The van der Waals surface area contributed by atoms with Gasteiger partial charge < -0.3 is 10.1 Å². The molecule has 1 aromatic heterocycles. The Morgan fingerprint density at radius 2 is 2.09 bits per heavy atom. The first-order chi connectivity index (χ1) is 9.83. The van der Waals surface area contributed by atoms with Crippen LogP contribution in [-0.4, -0.2) is 30.9 Å². The zero-order chi connectivity index (χ0) is 16.0. The van der Waals surface area contributed by atoms with Crippen molar-refractivity contribution in [3.63, 3.8) is 0 Å². The second kappa shape index (κ2) is 8.76. The minimum atomic E-state index is -4.61.